The Labute approximate surface area is 180 Å². The van der Waals surface area contributed by atoms with E-state index in [0.717, 1.165) is 46.3 Å². The van der Waals surface area contributed by atoms with Crippen LogP contribution in [0.4, 0.5) is 11.5 Å². The van der Waals surface area contributed by atoms with Crippen molar-refractivity contribution in [1.29, 1.82) is 10.8 Å². The van der Waals surface area contributed by atoms with E-state index in [1.807, 2.05) is 6.92 Å². The van der Waals surface area contributed by atoms with Gasteiger partial charge in [-0.1, -0.05) is 11.8 Å². The molecule has 2 aromatic heterocycles. The van der Waals surface area contributed by atoms with Gasteiger partial charge < -0.3 is 15.6 Å². The van der Waals surface area contributed by atoms with Gasteiger partial charge in [0.1, 0.15) is 17.2 Å². The van der Waals surface area contributed by atoms with Crippen molar-refractivity contribution in [2.75, 3.05) is 23.3 Å². The zero-order valence-electron chi connectivity index (χ0n) is 17.4. The molecule has 0 bridgehead atoms. The van der Waals surface area contributed by atoms with Gasteiger partial charge in [-0.2, -0.15) is 0 Å². The molecule has 1 saturated carbocycles. The van der Waals surface area contributed by atoms with Crippen LogP contribution in [0.25, 0.3) is 5.57 Å². The molecule has 0 atom stereocenters. The van der Waals surface area contributed by atoms with Gasteiger partial charge in [0, 0.05) is 36.0 Å². The van der Waals surface area contributed by atoms with Crippen LogP contribution in [0.2, 0.25) is 0 Å². The highest BCUT2D eigenvalue weighted by Gasteiger charge is 2.34. The summed E-state index contributed by atoms with van der Waals surface area (Å²) in [5.74, 6) is 1.46. The first-order valence-corrected chi connectivity index (χ1v) is 11.1. The minimum Gasteiger partial charge on any atom is -0.366 e. The van der Waals surface area contributed by atoms with Gasteiger partial charge in [-0.3, -0.25) is 10.4 Å². The topological polar surface area (TPSA) is 102 Å². The zero-order chi connectivity index (χ0) is 21.0. The van der Waals surface area contributed by atoms with Crippen molar-refractivity contribution in [3.05, 3.63) is 41.1 Å². The fourth-order valence-corrected chi connectivity index (χ4v) is 5.04. The van der Waals surface area contributed by atoms with Crippen molar-refractivity contribution >= 4 is 39.6 Å². The predicted octanol–water partition coefficient (Wildman–Crippen LogP) is 4.25. The Morgan fingerprint density at radius 2 is 1.97 bits per heavy atom. The van der Waals surface area contributed by atoms with Crippen molar-refractivity contribution in [3.8, 4) is 0 Å². The smallest absolute Gasteiger partial charge is 0.144 e. The number of allylic oxidation sites excluding steroid dienone is 1. The van der Waals surface area contributed by atoms with Gasteiger partial charge in [-0.05, 0) is 51.3 Å². The molecule has 8 heteroatoms. The first-order chi connectivity index (χ1) is 14.4. The quantitative estimate of drug-likeness (QED) is 0.626. The van der Waals surface area contributed by atoms with Gasteiger partial charge in [-0.25, -0.2) is 9.97 Å². The van der Waals surface area contributed by atoms with E-state index in [0.29, 0.717) is 22.7 Å². The highest BCUT2D eigenvalue weighted by molar-refractivity contribution is 8.15. The van der Waals surface area contributed by atoms with Gasteiger partial charge >= 0.3 is 0 Å². The number of hydrogen-bond acceptors (Lipinski definition) is 8. The largest absolute Gasteiger partial charge is 0.366 e. The molecule has 1 aliphatic carbocycles. The average Bonchev–Trinajstić information content (AvgIpc) is 3.47. The molecule has 0 amide bonds. The number of pyridine rings is 1. The molecule has 1 saturated heterocycles. The lowest BCUT2D eigenvalue weighted by atomic mass is 10.0. The minimum atomic E-state index is 0.292. The number of rotatable bonds is 5. The van der Waals surface area contributed by atoms with E-state index in [4.69, 9.17) is 15.8 Å². The Morgan fingerprint density at radius 3 is 2.63 bits per heavy atom. The molecule has 3 aliphatic rings. The molecule has 0 radical (unpaired) electrons. The molecule has 3 N–H and O–H groups in total. The summed E-state index contributed by atoms with van der Waals surface area (Å²) < 4.78 is 0. The number of aromatic nitrogens is 3. The van der Waals surface area contributed by atoms with E-state index in [-0.39, 0.29) is 0 Å². The third-order valence-corrected chi connectivity index (χ3v) is 7.05. The normalized spacial score (nSPS) is 20.1. The summed E-state index contributed by atoms with van der Waals surface area (Å²) in [5.41, 5.74) is 6.33. The van der Waals surface area contributed by atoms with Gasteiger partial charge in [-0.15, -0.1) is 0 Å². The highest BCUT2D eigenvalue weighted by Crippen LogP contribution is 2.44. The van der Waals surface area contributed by atoms with E-state index in [1.165, 1.54) is 36.0 Å². The van der Waals surface area contributed by atoms with Gasteiger partial charge in [0.05, 0.1) is 28.0 Å². The highest BCUT2D eigenvalue weighted by atomic mass is 32.2. The third kappa shape index (κ3) is 3.29. The molecule has 2 fully saturated rings. The van der Waals surface area contributed by atoms with Crippen LogP contribution in [0, 0.1) is 17.7 Å². The summed E-state index contributed by atoms with van der Waals surface area (Å²) in [6.45, 7) is 7.52. The van der Waals surface area contributed by atoms with Crippen LogP contribution in [0.15, 0.2) is 28.9 Å². The number of fused-ring (bicyclic) bond motifs is 1. The van der Waals surface area contributed by atoms with E-state index >= 15 is 0 Å². The SMILES string of the molecule is CC(=N)/C(C)=C1\C(=N)Sc2c(NC3CN(c4ccc(C5CC5)nc4C)C3)ncnc21. The maximum Gasteiger partial charge on any atom is 0.144 e. The van der Waals surface area contributed by atoms with E-state index in [9.17, 15) is 0 Å². The predicted molar refractivity (Wildman–Crippen MR) is 122 cm³/mol. The maximum atomic E-state index is 8.37. The summed E-state index contributed by atoms with van der Waals surface area (Å²) in [7, 11) is 0. The average molecular weight is 420 g/mol. The fourth-order valence-electron chi connectivity index (χ4n) is 4.02. The molecule has 0 unspecified atom stereocenters. The number of nitrogens with zero attached hydrogens (tertiary/aromatic N) is 4. The van der Waals surface area contributed by atoms with Crippen molar-refractivity contribution in [2.45, 2.75) is 50.5 Å². The summed E-state index contributed by atoms with van der Waals surface area (Å²) in [6.07, 6.45) is 4.10. The lowest BCUT2D eigenvalue weighted by Crippen LogP contribution is -2.55. The zero-order valence-corrected chi connectivity index (χ0v) is 18.2. The Balaban J connectivity index is 1.31. The monoisotopic (exact) mass is 419 g/mol. The van der Waals surface area contributed by atoms with Crippen molar-refractivity contribution in [1.82, 2.24) is 15.0 Å². The van der Waals surface area contributed by atoms with Crippen LogP contribution in [0.5, 0.6) is 0 Å². The van der Waals surface area contributed by atoms with Crippen molar-refractivity contribution in [3.63, 3.8) is 0 Å². The van der Waals surface area contributed by atoms with Gasteiger partial charge in [0.2, 0.25) is 0 Å². The van der Waals surface area contributed by atoms with Crippen molar-refractivity contribution < 1.29 is 0 Å². The Bertz CT molecular complexity index is 1100. The standard InChI is InChI=1S/C22H25N7S/c1-11(12(2)23)18-19-20(30-21(18)24)22(26-10-25-19)28-15-8-29(9-15)17-7-6-16(14-4-5-14)27-13(17)3/h6-7,10,14-15,23-24H,4-5,8-9H2,1-3H3,(H,25,26,28)/b18-11-,23-12?,24-21?. The van der Waals surface area contributed by atoms with Crippen LogP contribution >= 0.6 is 11.8 Å². The molecule has 2 aromatic rings. The van der Waals surface area contributed by atoms with Crippen LogP contribution in [0.3, 0.4) is 0 Å². The lowest BCUT2D eigenvalue weighted by molar-refractivity contribution is 0.545. The Hall–Kier alpha value is -2.74. The lowest BCUT2D eigenvalue weighted by Gasteiger charge is -2.42. The second-order valence-corrected chi connectivity index (χ2v) is 9.34. The van der Waals surface area contributed by atoms with Crippen LogP contribution in [0.1, 0.15) is 49.7 Å². The number of aryl methyl sites for hydroxylation is 1. The summed E-state index contributed by atoms with van der Waals surface area (Å²) in [4.78, 5) is 16.9. The van der Waals surface area contributed by atoms with Gasteiger partial charge in [0.25, 0.3) is 0 Å². The summed E-state index contributed by atoms with van der Waals surface area (Å²) in [6, 6.07) is 4.69. The maximum absolute atomic E-state index is 8.37. The molecule has 30 heavy (non-hydrogen) atoms. The minimum absolute atomic E-state index is 0.292. The molecule has 154 valence electrons. The molecule has 7 nitrogen and oxygen atoms in total. The molecule has 0 spiro atoms. The Kier molecular flexibility index (Phi) is 4.61. The second kappa shape index (κ2) is 7.19. The summed E-state index contributed by atoms with van der Waals surface area (Å²) in [5, 5.41) is 20.3. The van der Waals surface area contributed by atoms with Crippen LogP contribution < -0.4 is 10.2 Å². The molecule has 5 rings (SSSR count). The molecular weight excluding hydrogens is 394 g/mol. The van der Waals surface area contributed by atoms with E-state index < -0.39 is 0 Å². The first kappa shape index (κ1) is 19.2. The van der Waals surface area contributed by atoms with Crippen LogP contribution in [-0.4, -0.2) is 44.8 Å². The van der Waals surface area contributed by atoms with E-state index in [1.54, 1.807) is 13.3 Å². The number of nitrogens with one attached hydrogen (secondary N) is 3. The van der Waals surface area contributed by atoms with Crippen molar-refractivity contribution in [2.24, 2.45) is 0 Å². The number of thioether (sulfide) groups is 1. The third-order valence-electron chi connectivity index (χ3n) is 6.05. The molecule has 4 heterocycles. The number of anilines is 2. The van der Waals surface area contributed by atoms with Gasteiger partial charge in [0.15, 0.2) is 0 Å². The summed E-state index contributed by atoms with van der Waals surface area (Å²) >= 11 is 1.38. The first-order valence-electron chi connectivity index (χ1n) is 10.3. The molecular formula is C22H25N7S. The number of hydrogen-bond donors (Lipinski definition) is 3. The van der Waals surface area contributed by atoms with Crippen LogP contribution in [-0.2, 0) is 0 Å². The molecule has 0 aromatic carbocycles. The fraction of sp³-hybridized carbons (Fsp3) is 0.409. The Morgan fingerprint density at radius 1 is 1.20 bits per heavy atom. The van der Waals surface area contributed by atoms with E-state index in [2.05, 4.69) is 39.2 Å². The molecule has 2 aliphatic heterocycles. The second-order valence-electron chi connectivity index (χ2n) is 8.32.